The maximum Gasteiger partial charge on any atom is 0.344 e. The van der Waals surface area contributed by atoms with Crippen LogP contribution in [-0.4, -0.2) is 13.7 Å². The van der Waals surface area contributed by atoms with Crippen LogP contribution in [-0.2, 0) is 0 Å². The van der Waals surface area contributed by atoms with E-state index >= 15 is 0 Å². The molecule has 0 saturated carbocycles. The number of rotatable bonds is 4. The van der Waals surface area contributed by atoms with E-state index < -0.39 is 11.5 Å². The fourth-order valence-electron chi connectivity index (χ4n) is 3.54. The van der Waals surface area contributed by atoms with Crippen LogP contribution in [0.5, 0.6) is 17.2 Å². The lowest BCUT2D eigenvalue weighted by molar-refractivity contribution is 0.310. The minimum Gasteiger partial charge on any atom is -0.493 e. The Morgan fingerprint density at radius 2 is 2.00 bits per heavy atom. The van der Waals surface area contributed by atoms with Crippen molar-refractivity contribution < 1.29 is 18.6 Å². The Bertz CT molecular complexity index is 1240. The molecular formula is C22H18N2O5. The molecule has 146 valence electrons. The van der Waals surface area contributed by atoms with E-state index in [9.17, 15) is 10.1 Å². The molecule has 3 aromatic rings. The summed E-state index contributed by atoms with van der Waals surface area (Å²) in [5.41, 5.74) is 6.85. The number of hydrogen-bond donors (Lipinski definition) is 1. The second-order valence-electron chi connectivity index (χ2n) is 6.40. The normalized spacial score (nSPS) is 15.4. The van der Waals surface area contributed by atoms with Crippen LogP contribution in [0.15, 0.2) is 63.1 Å². The first-order valence-electron chi connectivity index (χ1n) is 9.03. The number of nitrogens with zero attached hydrogens (tertiary/aromatic N) is 1. The van der Waals surface area contributed by atoms with Crippen molar-refractivity contribution in [3.05, 3.63) is 75.5 Å². The third kappa shape index (κ3) is 2.95. The Balaban J connectivity index is 2.00. The molecule has 0 fully saturated rings. The van der Waals surface area contributed by atoms with Gasteiger partial charge in [0, 0.05) is 0 Å². The van der Waals surface area contributed by atoms with Crippen LogP contribution in [0.2, 0.25) is 0 Å². The number of nitrogens with two attached hydrogens (primary N) is 1. The van der Waals surface area contributed by atoms with E-state index in [1.807, 2.05) is 6.92 Å². The van der Waals surface area contributed by atoms with Crippen LogP contribution >= 0.6 is 0 Å². The van der Waals surface area contributed by atoms with E-state index in [4.69, 9.17) is 24.4 Å². The predicted molar refractivity (Wildman–Crippen MR) is 106 cm³/mol. The molecule has 0 saturated heterocycles. The van der Waals surface area contributed by atoms with Crippen molar-refractivity contribution in [1.29, 1.82) is 5.26 Å². The molecule has 0 spiro atoms. The summed E-state index contributed by atoms with van der Waals surface area (Å²) < 4.78 is 22.2. The van der Waals surface area contributed by atoms with Crippen molar-refractivity contribution in [3.8, 4) is 23.3 Å². The minimum absolute atomic E-state index is 0.0476. The van der Waals surface area contributed by atoms with Gasteiger partial charge < -0.3 is 24.4 Å². The van der Waals surface area contributed by atoms with Gasteiger partial charge in [-0.3, -0.25) is 0 Å². The quantitative estimate of drug-likeness (QED) is 0.680. The van der Waals surface area contributed by atoms with Crippen LogP contribution in [0.3, 0.4) is 0 Å². The standard InChI is InChI=1S/C22H18N2O5/c1-3-27-16-9-8-12(10-17(16)26-2)18-14(11-23)21(24)29-20-13-6-4-5-7-15(13)28-22(25)19(18)20/h4-10,18H,3,24H2,1-2H3. The van der Waals surface area contributed by atoms with Gasteiger partial charge in [0.05, 0.1) is 30.6 Å². The average Bonchev–Trinajstić information content (AvgIpc) is 2.73. The molecule has 1 aliphatic heterocycles. The molecule has 1 aromatic heterocycles. The lowest BCUT2D eigenvalue weighted by Crippen LogP contribution is -2.26. The molecule has 0 bridgehead atoms. The first kappa shape index (κ1) is 18.4. The number of methoxy groups -OCH3 is 1. The molecule has 0 amide bonds. The van der Waals surface area contributed by atoms with Crippen molar-refractivity contribution >= 4 is 11.0 Å². The molecule has 7 heteroatoms. The zero-order valence-corrected chi connectivity index (χ0v) is 15.9. The SMILES string of the molecule is CCOc1ccc(C2C(C#N)=C(N)Oc3c2c(=O)oc2ccccc32)cc1OC. The Labute approximate surface area is 166 Å². The summed E-state index contributed by atoms with van der Waals surface area (Å²) in [5.74, 6) is 0.541. The van der Waals surface area contributed by atoms with Crippen LogP contribution in [0.1, 0.15) is 24.0 Å². The van der Waals surface area contributed by atoms with Gasteiger partial charge in [0.2, 0.25) is 5.88 Å². The van der Waals surface area contributed by atoms with Crippen LogP contribution in [0.25, 0.3) is 11.0 Å². The summed E-state index contributed by atoms with van der Waals surface area (Å²) in [6.07, 6.45) is 0. The number of fused-ring (bicyclic) bond motifs is 3. The first-order chi connectivity index (χ1) is 14.1. The van der Waals surface area contributed by atoms with Crippen molar-refractivity contribution in [2.24, 2.45) is 5.73 Å². The second kappa shape index (κ2) is 7.24. The van der Waals surface area contributed by atoms with Crippen LogP contribution < -0.4 is 25.6 Å². The van der Waals surface area contributed by atoms with Crippen molar-refractivity contribution in [1.82, 2.24) is 0 Å². The van der Waals surface area contributed by atoms with E-state index in [1.165, 1.54) is 7.11 Å². The Kier molecular flexibility index (Phi) is 4.61. The smallest absolute Gasteiger partial charge is 0.344 e. The summed E-state index contributed by atoms with van der Waals surface area (Å²) in [5, 5.41) is 10.3. The number of nitriles is 1. The van der Waals surface area contributed by atoms with Gasteiger partial charge in [0.15, 0.2) is 17.2 Å². The van der Waals surface area contributed by atoms with Gasteiger partial charge in [-0.25, -0.2) is 4.79 Å². The highest BCUT2D eigenvalue weighted by Crippen LogP contribution is 2.44. The zero-order valence-electron chi connectivity index (χ0n) is 15.9. The zero-order chi connectivity index (χ0) is 20.5. The third-order valence-electron chi connectivity index (χ3n) is 4.80. The highest BCUT2D eigenvalue weighted by molar-refractivity contribution is 5.86. The molecule has 2 aromatic carbocycles. The second-order valence-corrected chi connectivity index (χ2v) is 6.40. The molecule has 2 heterocycles. The van der Waals surface area contributed by atoms with Crippen molar-refractivity contribution in [3.63, 3.8) is 0 Å². The number of para-hydroxylation sites is 1. The third-order valence-corrected chi connectivity index (χ3v) is 4.80. The lowest BCUT2D eigenvalue weighted by atomic mass is 9.83. The van der Waals surface area contributed by atoms with E-state index in [0.29, 0.717) is 40.4 Å². The average molecular weight is 390 g/mol. The summed E-state index contributed by atoms with van der Waals surface area (Å²) >= 11 is 0. The molecular weight excluding hydrogens is 372 g/mol. The number of benzene rings is 2. The molecule has 7 nitrogen and oxygen atoms in total. The van der Waals surface area contributed by atoms with Crippen LogP contribution in [0, 0.1) is 11.3 Å². The van der Waals surface area contributed by atoms with E-state index in [-0.39, 0.29) is 17.0 Å². The van der Waals surface area contributed by atoms with E-state index in [2.05, 4.69) is 6.07 Å². The van der Waals surface area contributed by atoms with Gasteiger partial charge in [-0.15, -0.1) is 0 Å². The Hall–Kier alpha value is -3.92. The highest BCUT2D eigenvalue weighted by Gasteiger charge is 2.35. The predicted octanol–water partition coefficient (Wildman–Crippen LogP) is 3.42. The van der Waals surface area contributed by atoms with Gasteiger partial charge in [-0.2, -0.15) is 5.26 Å². The van der Waals surface area contributed by atoms with Gasteiger partial charge in [0.1, 0.15) is 17.2 Å². The monoisotopic (exact) mass is 390 g/mol. The topological polar surface area (TPSA) is 108 Å². The number of hydrogen-bond acceptors (Lipinski definition) is 7. The molecule has 2 N–H and O–H groups in total. The van der Waals surface area contributed by atoms with Crippen molar-refractivity contribution in [2.45, 2.75) is 12.8 Å². The molecule has 0 radical (unpaired) electrons. The van der Waals surface area contributed by atoms with Gasteiger partial charge in [-0.05, 0) is 36.8 Å². The molecule has 0 aliphatic carbocycles. The van der Waals surface area contributed by atoms with Gasteiger partial charge in [0.25, 0.3) is 0 Å². The lowest BCUT2D eigenvalue weighted by Gasteiger charge is -2.26. The summed E-state index contributed by atoms with van der Waals surface area (Å²) in [6, 6.07) is 14.3. The van der Waals surface area contributed by atoms with Crippen LogP contribution in [0.4, 0.5) is 0 Å². The molecule has 1 atom stereocenters. The summed E-state index contributed by atoms with van der Waals surface area (Å²) in [4.78, 5) is 12.9. The van der Waals surface area contributed by atoms with Gasteiger partial charge in [-0.1, -0.05) is 18.2 Å². The summed E-state index contributed by atoms with van der Waals surface area (Å²) in [6.45, 7) is 2.34. The van der Waals surface area contributed by atoms with Gasteiger partial charge >= 0.3 is 5.63 Å². The highest BCUT2D eigenvalue weighted by atomic mass is 16.5. The molecule has 4 rings (SSSR count). The largest absolute Gasteiger partial charge is 0.493 e. The Morgan fingerprint density at radius 3 is 2.72 bits per heavy atom. The fraction of sp³-hybridized carbons (Fsp3) is 0.182. The number of allylic oxidation sites excluding steroid dienone is 1. The fourth-order valence-corrected chi connectivity index (χ4v) is 3.54. The first-order valence-corrected chi connectivity index (χ1v) is 9.03. The molecule has 1 aliphatic rings. The maximum atomic E-state index is 12.9. The molecule has 29 heavy (non-hydrogen) atoms. The van der Waals surface area contributed by atoms with Crippen molar-refractivity contribution in [2.75, 3.05) is 13.7 Å². The Morgan fingerprint density at radius 1 is 1.21 bits per heavy atom. The number of ether oxygens (including phenoxy) is 3. The van der Waals surface area contributed by atoms with E-state index in [0.717, 1.165) is 0 Å². The molecule has 1 unspecified atom stereocenters. The summed E-state index contributed by atoms with van der Waals surface area (Å²) in [7, 11) is 1.52. The van der Waals surface area contributed by atoms with E-state index in [1.54, 1.807) is 42.5 Å². The minimum atomic E-state index is -0.755. The maximum absolute atomic E-state index is 12.9.